The largest absolute Gasteiger partial charge is 0.481 e. The number of rotatable bonds is 2. The van der Waals surface area contributed by atoms with Crippen LogP contribution in [-0.2, 0) is 14.3 Å². The molecule has 4 fully saturated rings. The summed E-state index contributed by atoms with van der Waals surface area (Å²) in [5, 5.41) is 10.6. The normalized spacial score (nSPS) is 51.5. The molecule has 0 heterocycles. The molecule has 0 amide bonds. The minimum absolute atomic E-state index is 0.00171. The summed E-state index contributed by atoms with van der Waals surface area (Å²) >= 11 is 0. The number of allylic oxidation sites excluding steroid dienone is 2. The molecule has 0 bridgehead atoms. The molecule has 4 heteroatoms. The molecule has 0 unspecified atom stereocenters. The van der Waals surface area contributed by atoms with Gasteiger partial charge < -0.3 is 9.84 Å². The van der Waals surface area contributed by atoms with Crippen LogP contribution in [0, 0.1) is 56.7 Å². The smallest absolute Gasteiger partial charge is 0.310 e. The highest BCUT2D eigenvalue weighted by Crippen LogP contribution is 2.75. The average molecular weight is 499 g/mol. The molecule has 0 aromatic rings. The Balaban J connectivity index is 1.56. The van der Waals surface area contributed by atoms with Crippen molar-refractivity contribution in [2.24, 2.45) is 56.7 Å². The number of esters is 1. The van der Waals surface area contributed by atoms with Crippen molar-refractivity contribution >= 4 is 11.9 Å². The first-order chi connectivity index (χ1) is 16.6. The first-order valence-electron chi connectivity index (χ1n) is 14.8. The SMILES string of the molecule is CC(=O)O[C@@H]1CC[C@]2(C)[C@H](CC[C@@]3(C)[C@H]2CC=C2[C@H]4[C@H](C)[C@@H](C)CC[C@@]4(C(=O)O)CC[C@@]23C)C1(C)C. The van der Waals surface area contributed by atoms with Crippen molar-refractivity contribution in [3.8, 4) is 0 Å². The van der Waals surface area contributed by atoms with E-state index in [1.165, 1.54) is 12.0 Å². The average Bonchev–Trinajstić information content (AvgIpc) is 2.78. The van der Waals surface area contributed by atoms with Gasteiger partial charge >= 0.3 is 11.9 Å². The molecular weight excluding hydrogens is 448 g/mol. The van der Waals surface area contributed by atoms with E-state index in [0.29, 0.717) is 23.7 Å². The Morgan fingerprint density at radius 3 is 2.25 bits per heavy atom. The number of carbonyl (C=O) groups excluding carboxylic acids is 1. The van der Waals surface area contributed by atoms with Gasteiger partial charge in [-0.25, -0.2) is 0 Å². The third-order valence-corrected chi connectivity index (χ3v) is 13.7. The van der Waals surface area contributed by atoms with Crippen LogP contribution in [0.5, 0.6) is 0 Å². The summed E-state index contributed by atoms with van der Waals surface area (Å²) in [6, 6.07) is 0. The van der Waals surface area contributed by atoms with Crippen molar-refractivity contribution in [1.82, 2.24) is 0 Å². The van der Waals surface area contributed by atoms with Crippen LogP contribution in [0.4, 0.5) is 0 Å². The van der Waals surface area contributed by atoms with Gasteiger partial charge in [0, 0.05) is 12.3 Å². The van der Waals surface area contributed by atoms with Crippen LogP contribution in [0.15, 0.2) is 11.6 Å². The first-order valence-corrected chi connectivity index (χ1v) is 14.8. The molecule has 0 radical (unpaired) electrons. The molecule has 4 nitrogen and oxygen atoms in total. The third kappa shape index (κ3) is 3.17. The number of carboxylic acids is 1. The number of fused-ring (bicyclic) bond motifs is 7. The zero-order valence-electron chi connectivity index (χ0n) is 24.1. The lowest BCUT2D eigenvalue weighted by Gasteiger charge is -2.71. The van der Waals surface area contributed by atoms with E-state index >= 15 is 0 Å². The highest BCUT2D eigenvalue weighted by atomic mass is 16.5. The molecule has 5 aliphatic rings. The van der Waals surface area contributed by atoms with E-state index in [0.717, 1.165) is 51.4 Å². The van der Waals surface area contributed by atoms with Gasteiger partial charge in [0.05, 0.1) is 5.41 Å². The van der Waals surface area contributed by atoms with Gasteiger partial charge in [0.1, 0.15) is 6.10 Å². The van der Waals surface area contributed by atoms with Crippen LogP contribution in [0.2, 0.25) is 0 Å². The number of carbonyl (C=O) groups is 2. The minimum Gasteiger partial charge on any atom is -0.481 e. The second-order valence-corrected chi connectivity index (χ2v) is 15.1. The van der Waals surface area contributed by atoms with Crippen molar-refractivity contribution in [3.05, 3.63) is 11.6 Å². The predicted molar refractivity (Wildman–Crippen MR) is 142 cm³/mol. The molecule has 36 heavy (non-hydrogen) atoms. The Hall–Kier alpha value is -1.32. The van der Waals surface area contributed by atoms with E-state index in [9.17, 15) is 14.7 Å². The van der Waals surface area contributed by atoms with Gasteiger partial charge in [-0.15, -0.1) is 0 Å². The molecule has 10 atom stereocenters. The van der Waals surface area contributed by atoms with Gasteiger partial charge in [0.2, 0.25) is 0 Å². The van der Waals surface area contributed by atoms with Gasteiger partial charge in [0.25, 0.3) is 0 Å². The molecule has 0 spiro atoms. The summed E-state index contributed by atoms with van der Waals surface area (Å²) in [4.78, 5) is 24.7. The van der Waals surface area contributed by atoms with Crippen LogP contribution in [0.3, 0.4) is 0 Å². The van der Waals surface area contributed by atoms with E-state index in [1.54, 1.807) is 6.92 Å². The van der Waals surface area contributed by atoms with Crippen molar-refractivity contribution in [1.29, 1.82) is 0 Å². The maximum atomic E-state index is 12.9. The fraction of sp³-hybridized carbons (Fsp3) is 0.875. The molecule has 202 valence electrons. The Morgan fingerprint density at radius 2 is 1.61 bits per heavy atom. The van der Waals surface area contributed by atoms with E-state index in [-0.39, 0.29) is 39.7 Å². The van der Waals surface area contributed by atoms with Crippen LogP contribution in [-0.4, -0.2) is 23.1 Å². The molecule has 0 aliphatic heterocycles. The van der Waals surface area contributed by atoms with E-state index in [2.05, 4.69) is 54.5 Å². The first kappa shape index (κ1) is 26.3. The predicted octanol–water partition coefficient (Wildman–Crippen LogP) is 7.66. The van der Waals surface area contributed by atoms with Gasteiger partial charge in [0.15, 0.2) is 0 Å². The maximum Gasteiger partial charge on any atom is 0.310 e. The number of carboxylic acid groups (broad SMARTS) is 1. The number of aliphatic carboxylic acids is 1. The number of ether oxygens (including phenoxy) is 1. The lowest BCUT2D eigenvalue weighted by atomic mass is 9.33. The summed E-state index contributed by atoms with van der Waals surface area (Å²) in [6.07, 6.45) is 11.7. The Morgan fingerprint density at radius 1 is 0.917 bits per heavy atom. The van der Waals surface area contributed by atoms with Gasteiger partial charge in [-0.05, 0) is 104 Å². The molecule has 5 aliphatic carbocycles. The molecule has 5 rings (SSSR count). The minimum atomic E-state index is -0.578. The molecule has 4 saturated carbocycles. The third-order valence-electron chi connectivity index (χ3n) is 13.7. The van der Waals surface area contributed by atoms with Crippen molar-refractivity contribution in [2.75, 3.05) is 0 Å². The molecule has 0 saturated heterocycles. The molecule has 0 aromatic heterocycles. The van der Waals surface area contributed by atoms with Crippen LogP contribution in [0.1, 0.15) is 113 Å². The summed E-state index contributed by atoms with van der Waals surface area (Å²) < 4.78 is 5.88. The van der Waals surface area contributed by atoms with Crippen molar-refractivity contribution in [2.45, 2.75) is 119 Å². The Labute approximate surface area is 219 Å². The van der Waals surface area contributed by atoms with Gasteiger partial charge in [-0.1, -0.05) is 60.1 Å². The zero-order valence-corrected chi connectivity index (χ0v) is 24.1. The van der Waals surface area contributed by atoms with E-state index < -0.39 is 11.4 Å². The van der Waals surface area contributed by atoms with E-state index in [1.807, 2.05) is 0 Å². The summed E-state index contributed by atoms with van der Waals surface area (Å²) in [6.45, 7) is 18.5. The second-order valence-electron chi connectivity index (χ2n) is 15.1. The quantitative estimate of drug-likeness (QED) is 0.313. The zero-order chi connectivity index (χ0) is 26.5. The Bertz CT molecular complexity index is 981. The maximum absolute atomic E-state index is 12.9. The summed E-state index contributed by atoms with van der Waals surface area (Å²) in [5.41, 5.74) is 1.30. The van der Waals surface area contributed by atoms with Crippen molar-refractivity contribution < 1.29 is 19.4 Å². The van der Waals surface area contributed by atoms with E-state index in [4.69, 9.17) is 4.74 Å². The van der Waals surface area contributed by atoms with Crippen LogP contribution in [0.25, 0.3) is 0 Å². The van der Waals surface area contributed by atoms with Crippen molar-refractivity contribution in [3.63, 3.8) is 0 Å². The van der Waals surface area contributed by atoms with Gasteiger partial charge in [-0.2, -0.15) is 0 Å². The fourth-order valence-electron chi connectivity index (χ4n) is 11.2. The summed E-state index contributed by atoms with van der Waals surface area (Å²) in [5.74, 6) is 1.53. The lowest BCUT2D eigenvalue weighted by molar-refractivity contribution is -0.214. The summed E-state index contributed by atoms with van der Waals surface area (Å²) in [7, 11) is 0. The van der Waals surface area contributed by atoms with Gasteiger partial charge in [-0.3, -0.25) is 9.59 Å². The van der Waals surface area contributed by atoms with Crippen LogP contribution < -0.4 is 0 Å². The second kappa shape index (κ2) is 8.09. The Kier molecular flexibility index (Phi) is 5.91. The fourth-order valence-corrected chi connectivity index (χ4v) is 11.2. The topological polar surface area (TPSA) is 63.6 Å². The molecule has 0 aromatic carbocycles. The molecule has 1 N–H and O–H groups in total. The monoisotopic (exact) mass is 498 g/mol. The standard InChI is InChI=1S/C32H50O4/c1-19-11-16-32(27(34)35)18-17-30(7)22(26(32)20(19)2)9-10-24-29(6)14-13-25(36-21(3)33)28(4,5)23(29)12-15-31(24,30)8/h9,19-20,23-26H,10-18H2,1-8H3,(H,34,35)/t19-,20+,23+,24-,25+,26+,29+,30-,31-,32+/m0/s1. The highest BCUT2D eigenvalue weighted by molar-refractivity contribution is 5.76. The molecular formula is C32H50O4. The highest BCUT2D eigenvalue weighted by Gasteiger charge is 2.69. The number of hydrogen-bond donors (Lipinski definition) is 1. The lowest BCUT2D eigenvalue weighted by Crippen LogP contribution is -2.65. The number of hydrogen-bond acceptors (Lipinski definition) is 3. The van der Waals surface area contributed by atoms with Crippen LogP contribution >= 0.6 is 0 Å².